The van der Waals surface area contributed by atoms with Gasteiger partial charge in [-0.3, -0.25) is 4.72 Å². The second kappa shape index (κ2) is 6.13. The van der Waals surface area contributed by atoms with Crippen molar-refractivity contribution in [1.29, 1.82) is 0 Å². The van der Waals surface area contributed by atoms with E-state index in [4.69, 9.17) is 0 Å². The predicted molar refractivity (Wildman–Crippen MR) is 92.6 cm³/mol. The van der Waals surface area contributed by atoms with Gasteiger partial charge >= 0.3 is 0 Å². The van der Waals surface area contributed by atoms with Crippen LogP contribution in [0.2, 0.25) is 0 Å². The zero-order valence-corrected chi connectivity index (χ0v) is 14.4. The Morgan fingerprint density at radius 1 is 1.00 bits per heavy atom. The standard InChI is InChI=1S/C18H23NO2S/c1-14-12-16(10-11-17(14)18(2,3)4)19-22(20,21)13-15-8-6-5-7-9-15/h5-12,19H,13H2,1-4H3. The number of hydrogen-bond donors (Lipinski definition) is 1. The summed E-state index contributed by atoms with van der Waals surface area (Å²) in [7, 11) is -3.40. The average Bonchev–Trinajstić information content (AvgIpc) is 2.37. The van der Waals surface area contributed by atoms with Crippen LogP contribution < -0.4 is 4.72 Å². The van der Waals surface area contributed by atoms with Crippen molar-refractivity contribution >= 4 is 15.7 Å². The molecule has 2 aromatic carbocycles. The average molecular weight is 317 g/mol. The molecule has 0 aliphatic heterocycles. The zero-order chi connectivity index (χ0) is 16.4. The van der Waals surface area contributed by atoms with E-state index in [1.54, 1.807) is 0 Å². The molecular formula is C18H23NO2S. The fourth-order valence-corrected chi connectivity index (χ4v) is 3.77. The van der Waals surface area contributed by atoms with Crippen LogP contribution in [0.5, 0.6) is 0 Å². The van der Waals surface area contributed by atoms with Crippen LogP contribution in [0.1, 0.15) is 37.5 Å². The van der Waals surface area contributed by atoms with Crippen molar-refractivity contribution in [3.05, 3.63) is 65.2 Å². The van der Waals surface area contributed by atoms with E-state index in [-0.39, 0.29) is 11.2 Å². The van der Waals surface area contributed by atoms with Crippen molar-refractivity contribution in [2.24, 2.45) is 0 Å². The Kier molecular flexibility index (Phi) is 4.61. The minimum Gasteiger partial charge on any atom is -0.283 e. The lowest BCUT2D eigenvalue weighted by Crippen LogP contribution is -2.16. The molecule has 0 radical (unpaired) electrons. The van der Waals surface area contributed by atoms with Gasteiger partial charge in [-0.1, -0.05) is 57.2 Å². The second-order valence-corrected chi connectivity index (χ2v) is 8.35. The van der Waals surface area contributed by atoms with Gasteiger partial charge < -0.3 is 0 Å². The van der Waals surface area contributed by atoms with Crippen molar-refractivity contribution in [3.8, 4) is 0 Å². The largest absolute Gasteiger partial charge is 0.283 e. The fourth-order valence-electron chi connectivity index (χ4n) is 2.58. The highest BCUT2D eigenvalue weighted by Crippen LogP contribution is 2.28. The lowest BCUT2D eigenvalue weighted by atomic mass is 9.84. The smallest absolute Gasteiger partial charge is 0.236 e. The first kappa shape index (κ1) is 16.6. The zero-order valence-electron chi connectivity index (χ0n) is 13.6. The van der Waals surface area contributed by atoms with Crippen LogP contribution in [-0.2, 0) is 21.2 Å². The number of anilines is 1. The number of aryl methyl sites for hydroxylation is 1. The quantitative estimate of drug-likeness (QED) is 0.917. The number of sulfonamides is 1. The maximum atomic E-state index is 12.3. The van der Waals surface area contributed by atoms with Crippen LogP contribution in [0.3, 0.4) is 0 Å². The van der Waals surface area contributed by atoms with Gasteiger partial charge in [-0.2, -0.15) is 0 Å². The summed E-state index contributed by atoms with van der Waals surface area (Å²) in [6.07, 6.45) is 0. The highest BCUT2D eigenvalue weighted by atomic mass is 32.2. The Bertz CT molecular complexity index is 744. The molecule has 0 fully saturated rings. The van der Waals surface area contributed by atoms with Gasteiger partial charge in [0.25, 0.3) is 0 Å². The summed E-state index contributed by atoms with van der Waals surface area (Å²) in [5, 5.41) is 0. The summed E-state index contributed by atoms with van der Waals surface area (Å²) in [4.78, 5) is 0. The maximum Gasteiger partial charge on any atom is 0.236 e. The normalized spacial score (nSPS) is 12.2. The Labute approximate surface area is 133 Å². The van der Waals surface area contributed by atoms with Crippen molar-refractivity contribution in [1.82, 2.24) is 0 Å². The van der Waals surface area contributed by atoms with Crippen molar-refractivity contribution in [2.75, 3.05) is 4.72 Å². The number of rotatable bonds is 4. The first-order valence-electron chi connectivity index (χ1n) is 7.33. The highest BCUT2D eigenvalue weighted by Gasteiger charge is 2.17. The molecule has 0 saturated carbocycles. The Balaban J connectivity index is 2.18. The van der Waals surface area contributed by atoms with Crippen LogP contribution in [0.15, 0.2) is 48.5 Å². The topological polar surface area (TPSA) is 46.2 Å². The van der Waals surface area contributed by atoms with Crippen molar-refractivity contribution < 1.29 is 8.42 Å². The fraction of sp³-hybridized carbons (Fsp3) is 0.333. The van der Waals surface area contributed by atoms with Gasteiger partial charge in [-0.25, -0.2) is 8.42 Å². The molecule has 3 nitrogen and oxygen atoms in total. The van der Waals surface area contributed by atoms with E-state index >= 15 is 0 Å². The third kappa shape index (κ3) is 4.34. The molecule has 118 valence electrons. The molecule has 0 amide bonds. The van der Waals surface area contributed by atoms with Crippen molar-refractivity contribution in [3.63, 3.8) is 0 Å². The highest BCUT2D eigenvalue weighted by molar-refractivity contribution is 7.91. The third-order valence-corrected chi connectivity index (χ3v) is 4.77. The van der Waals surface area contributed by atoms with Gasteiger partial charge in [0.15, 0.2) is 0 Å². The van der Waals surface area contributed by atoms with E-state index in [1.807, 2.05) is 55.5 Å². The molecule has 0 aliphatic carbocycles. The summed E-state index contributed by atoms with van der Waals surface area (Å²) in [5.41, 5.74) is 3.75. The minimum atomic E-state index is -3.40. The molecule has 0 spiro atoms. The van der Waals surface area contributed by atoms with Crippen LogP contribution in [0.4, 0.5) is 5.69 Å². The first-order chi connectivity index (χ1) is 10.2. The molecule has 22 heavy (non-hydrogen) atoms. The lowest BCUT2D eigenvalue weighted by molar-refractivity contribution is 0.586. The molecule has 0 atom stereocenters. The molecule has 0 saturated heterocycles. The third-order valence-electron chi connectivity index (χ3n) is 3.51. The molecule has 4 heteroatoms. The van der Waals surface area contributed by atoms with Crippen LogP contribution in [0, 0.1) is 6.92 Å². The molecule has 1 N–H and O–H groups in total. The van der Waals surface area contributed by atoms with E-state index in [0.717, 1.165) is 11.1 Å². The number of hydrogen-bond acceptors (Lipinski definition) is 2. The predicted octanol–water partition coefficient (Wildman–Crippen LogP) is 4.23. The van der Waals surface area contributed by atoms with Gasteiger partial charge in [0.1, 0.15) is 0 Å². The summed E-state index contributed by atoms with van der Waals surface area (Å²) in [5.74, 6) is -0.0199. The van der Waals surface area contributed by atoms with Crippen LogP contribution >= 0.6 is 0 Å². The molecule has 0 aromatic heterocycles. The van der Waals surface area contributed by atoms with E-state index in [2.05, 4.69) is 25.5 Å². The summed E-state index contributed by atoms with van der Waals surface area (Å²) in [6, 6.07) is 14.9. The van der Waals surface area contributed by atoms with Gasteiger partial charge in [-0.05, 0) is 41.2 Å². The first-order valence-corrected chi connectivity index (χ1v) is 8.98. The van der Waals surface area contributed by atoms with Gasteiger partial charge in [0.05, 0.1) is 5.75 Å². The summed E-state index contributed by atoms with van der Waals surface area (Å²) in [6.45, 7) is 8.45. The van der Waals surface area contributed by atoms with E-state index in [9.17, 15) is 8.42 Å². The summed E-state index contributed by atoms with van der Waals surface area (Å²) >= 11 is 0. The number of benzene rings is 2. The van der Waals surface area contributed by atoms with E-state index < -0.39 is 10.0 Å². The van der Waals surface area contributed by atoms with Crippen LogP contribution in [-0.4, -0.2) is 8.42 Å². The minimum absolute atomic E-state index is 0.0199. The van der Waals surface area contributed by atoms with Crippen LogP contribution in [0.25, 0.3) is 0 Å². The number of nitrogens with one attached hydrogen (secondary N) is 1. The Hall–Kier alpha value is -1.81. The lowest BCUT2D eigenvalue weighted by Gasteiger charge is -2.22. The Morgan fingerprint density at radius 3 is 2.18 bits per heavy atom. The second-order valence-electron chi connectivity index (χ2n) is 6.63. The molecular weight excluding hydrogens is 294 g/mol. The molecule has 0 bridgehead atoms. The molecule has 2 rings (SSSR count). The van der Waals surface area contributed by atoms with E-state index in [0.29, 0.717) is 5.69 Å². The van der Waals surface area contributed by atoms with E-state index in [1.165, 1.54) is 5.56 Å². The van der Waals surface area contributed by atoms with Gasteiger partial charge in [0, 0.05) is 5.69 Å². The van der Waals surface area contributed by atoms with Gasteiger partial charge in [-0.15, -0.1) is 0 Å². The maximum absolute atomic E-state index is 12.3. The Morgan fingerprint density at radius 2 is 1.64 bits per heavy atom. The molecule has 0 aliphatic rings. The SMILES string of the molecule is Cc1cc(NS(=O)(=O)Cc2ccccc2)ccc1C(C)(C)C. The monoisotopic (exact) mass is 317 g/mol. The van der Waals surface area contributed by atoms with Crippen molar-refractivity contribution in [2.45, 2.75) is 38.9 Å². The molecule has 0 heterocycles. The summed E-state index contributed by atoms with van der Waals surface area (Å²) < 4.78 is 27.2. The molecule has 0 unspecified atom stereocenters. The molecule has 2 aromatic rings. The van der Waals surface area contributed by atoms with Gasteiger partial charge in [0.2, 0.25) is 10.0 Å².